The maximum Gasteiger partial charge on any atom is 0.302 e. The first-order valence-corrected chi connectivity index (χ1v) is 13.5. The van der Waals surface area contributed by atoms with Crippen LogP contribution in [0.25, 0.3) is 0 Å². The van der Waals surface area contributed by atoms with Crippen molar-refractivity contribution in [3.63, 3.8) is 0 Å². The Labute approximate surface area is 206 Å². The fourth-order valence-electron chi connectivity index (χ4n) is 7.00. The van der Waals surface area contributed by atoms with Gasteiger partial charge in [0.25, 0.3) is 0 Å². The van der Waals surface area contributed by atoms with Crippen LogP contribution in [0.4, 0.5) is 0 Å². The lowest BCUT2D eigenvalue weighted by atomic mass is 9.62. The third-order valence-corrected chi connectivity index (χ3v) is 9.14. The molecule has 3 unspecified atom stereocenters. The van der Waals surface area contributed by atoms with Gasteiger partial charge in [-0.25, -0.2) is 0 Å². The van der Waals surface area contributed by atoms with Crippen molar-refractivity contribution in [2.24, 2.45) is 17.3 Å². The van der Waals surface area contributed by atoms with Crippen molar-refractivity contribution in [3.05, 3.63) is 23.3 Å². The van der Waals surface area contributed by atoms with Gasteiger partial charge in [-0.05, 0) is 75.0 Å². The molecule has 3 saturated carbocycles. The minimum atomic E-state index is -0.510. The van der Waals surface area contributed by atoms with E-state index < -0.39 is 5.60 Å². The van der Waals surface area contributed by atoms with Gasteiger partial charge in [-0.3, -0.25) is 9.59 Å². The molecular weight excluding hydrogens is 428 g/mol. The summed E-state index contributed by atoms with van der Waals surface area (Å²) in [4.78, 5) is 23.0. The first-order valence-electron chi connectivity index (χ1n) is 13.5. The number of fused-ring (bicyclic) bond motifs is 1. The van der Waals surface area contributed by atoms with Crippen LogP contribution in [-0.2, 0) is 19.1 Å². The van der Waals surface area contributed by atoms with Crippen molar-refractivity contribution >= 4 is 11.9 Å². The molecule has 5 heteroatoms. The normalized spacial score (nSPS) is 34.2. The number of hydrogen-bond acceptors (Lipinski definition) is 5. The molecule has 0 spiro atoms. The zero-order valence-electron chi connectivity index (χ0n) is 22.0. The number of aliphatic hydroxyl groups is 1. The first-order chi connectivity index (χ1) is 16.1. The third-order valence-electron chi connectivity index (χ3n) is 9.14. The Morgan fingerprint density at radius 2 is 1.68 bits per heavy atom. The van der Waals surface area contributed by atoms with Crippen molar-refractivity contribution < 1.29 is 24.2 Å². The number of hydrogen-bond donors (Lipinski definition) is 1. The van der Waals surface area contributed by atoms with Crippen molar-refractivity contribution in [1.82, 2.24) is 0 Å². The highest BCUT2D eigenvalue weighted by Crippen LogP contribution is 2.59. The maximum atomic E-state index is 11.5. The van der Waals surface area contributed by atoms with Crippen molar-refractivity contribution in [3.8, 4) is 0 Å². The summed E-state index contributed by atoms with van der Waals surface area (Å²) in [6.07, 6.45) is 15.9. The molecule has 1 N–H and O–H groups in total. The van der Waals surface area contributed by atoms with Crippen LogP contribution in [-0.4, -0.2) is 34.9 Å². The predicted octanol–water partition coefficient (Wildman–Crippen LogP) is 6.43. The second-order valence-electron chi connectivity index (χ2n) is 11.3. The molecule has 0 aromatic rings. The standard InChI is InChI=1S/C29H46O5/c1-6-29(32,7-2)16-14-24-12-13-27-23(9-8-15-28(24,27)5)11-10-22-17-25(33-20(3)30)19-26(18-22)34-21(4)31/h10-11,24-27,32H,6-9,12-19H2,1-5H3/b22-10?,23-11+/t24?,25-,26?,27?,28-/m1/s1. The van der Waals surface area contributed by atoms with E-state index in [2.05, 4.69) is 32.9 Å². The Morgan fingerprint density at radius 3 is 2.24 bits per heavy atom. The van der Waals surface area contributed by atoms with E-state index in [4.69, 9.17) is 9.47 Å². The van der Waals surface area contributed by atoms with E-state index in [1.165, 1.54) is 45.1 Å². The number of rotatable bonds is 8. The van der Waals surface area contributed by atoms with Crippen LogP contribution in [0.5, 0.6) is 0 Å². The Morgan fingerprint density at radius 1 is 1.06 bits per heavy atom. The molecule has 5 atom stereocenters. The highest BCUT2D eigenvalue weighted by Gasteiger charge is 2.49. The molecule has 3 rings (SSSR count). The van der Waals surface area contributed by atoms with Gasteiger partial charge in [-0.1, -0.05) is 44.1 Å². The predicted molar refractivity (Wildman–Crippen MR) is 134 cm³/mol. The summed E-state index contributed by atoms with van der Waals surface area (Å²) in [7, 11) is 0. The molecule has 0 bridgehead atoms. The van der Waals surface area contributed by atoms with Gasteiger partial charge in [0.1, 0.15) is 12.2 Å². The average molecular weight is 475 g/mol. The van der Waals surface area contributed by atoms with Crippen LogP contribution in [0.15, 0.2) is 23.3 Å². The van der Waals surface area contributed by atoms with E-state index in [9.17, 15) is 14.7 Å². The van der Waals surface area contributed by atoms with Gasteiger partial charge < -0.3 is 14.6 Å². The molecule has 0 saturated heterocycles. The Kier molecular flexibility index (Phi) is 9.05. The van der Waals surface area contributed by atoms with Gasteiger partial charge >= 0.3 is 11.9 Å². The van der Waals surface area contributed by atoms with Crippen LogP contribution in [0.2, 0.25) is 0 Å². The average Bonchev–Trinajstić information content (AvgIpc) is 3.11. The van der Waals surface area contributed by atoms with Crippen molar-refractivity contribution in [1.29, 1.82) is 0 Å². The van der Waals surface area contributed by atoms with Crippen LogP contribution in [0, 0.1) is 17.3 Å². The molecule has 0 aromatic carbocycles. The SMILES string of the molecule is CCC(O)(CC)CCC1CCC2/C(=C/C=C3CC(OC(C)=O)C[C@H](OC(C)=O)C3)CCC[C@]12C. The summed E-state index contributed by atoms with van der Waals surface area (Å²) in [5.74, 6) is 0.708. The molecule has 3 aliphatic carbocycles. The number of ether oxygens (including phenoxy) is 2. The molecule has 0 aliphatic heterocycles. The molecule has 192 valence electrons. The first kappa shape index (κ1) is 27.0. The van der Waals surface area contributed by atoms with Gasteiger partial charge in [0, 0.05) is 33.1 Å². The topological polar surface area (TPSA) is 72.8 Å². The van der Waals surface area contributed by atoms with Crippen LogP contribution < -0.4 is 0 Å². The fourth-order valence-corrected chi connectivity index (χ4v) is 7.00. The van der Waals surface area contributed by atoms with Gasteiger partial charge in [0.2, 0.25) is 0 Å². The molecule has 3 aliphatic rings. The minimum absolute atomic E-state index is 0.233. The minimum Gasteiger partial charge on any atom is -0.462 e. The van der Waals surface area contributed by atoms with E-state index in [1.807, 2.05) is 0 Å². The lowest BCUT2D eigenvalue weighted by Crippen LogP contribution is -2.35. The quantitative estimate of drug-likeness (QED) is 0.410. The second-order valence-corrected chi connectivity index (χ2v) is 11.3. The number of allylic oxidation sites excluding steroid dienone is 3. The highest BCUT2D eigenvalue weighted by molar-refractivity contribution is 5.67. The number of carbonyl (C=O) groups excluding carboxylic acids is 2. The molecular formula is C29H46O5. The second kappa shape index (κ2) is 11.4. The molecule has 0 heterocycles. The third kappa shape index (κ3) is 6.53. The largest absolute Gasteiger partial charge is 0.462 e. The monoisotopic (exact) mass is 474 g/mol. The van der Waals surface area contributed by atoms with Crippen LogP contribution >= 0.6 is 0 Å². The zero-order chi connectivity index (χ0) is 24.9. The van der Waals surface area contributed by atoms with E-state index in [1.54, 1.807) is 5.57 Å². The summed E-state index contributed by atoms with van der Waals surface area (Å²) in [6, 6.07) is 0. The fraction of sp³-hybridized carbons (Fsp3) is 0.793. The summed E-state index contributed by atoms with van der Waals surface area (Å²) in [5.41, 5.74) is 2.54. The lowest BCUT2D eigenvalue weighted by molar-refractivity contribution is -0.154. The van der Waals surface area contributed by atoms with E-state index in [0.717, 1.165) is 32.1 Å². The van der Waals surface area contributed by atoms with Crippen LogP contribution in [0.3, 0.4) is 0 Å². The number of esters is 2. The smallest absolute Gasteiger partial charge is 0.302 e. The molecule has 5 nitrogen and oxygen atoms in total. The molecule has 0 aromatic heterocycles. The number of carbonyl (C=O) groups is 2. The molecule has 34 heavy (non-hydrogen) atoms. The Hall–Kier alpha value is -1.62. The van der Waals surface area contributed by atoms with Gasteiger partial charge in [0.05, 0.1) is 5.60 Å². The van der Waals surface area contributed by atoms with Crippen molar-refractivity contribution in [2.75, 3.05) is 0 Å². The van der Waals surface area contributed by atoms with E-state index in [-0.39, 0.29) is 24.1 Å². The summed E-state index contributed by atoms with van der Waals surface area (Å²) >= 11 is 0. The van der Waals surface area contributed by atoms with Gasteiger partial charge in [-0.15, -0.1) is 0 Å². The lowest BCUT2D eigenvalue weighted by Gasteiger charge is -2.43. The Balaban J connectivity index is 1.72. The highest BCUT2D eigenvalue weighted by atomic mass is 16.6. The summed E-state index contributed by atoms with van der Waals surface area (Å²) in [5, 5.41) is 10.8. The Bertz CT molecular complexity index is 766. The van der Waals surface area contributed by atoms with Crippen molar-refractivity contribution in [2.45, 2.75) is 129 Å². The molecule has 0 amide bonds. The van der Waals surface area contributed by atoms with E-state index in [0.29, 0.717) is 36.5 Å². The zero-order valence-corrected chi connectivity index (χ0v) is 22.0. The van der Waals surface area contributed by atoms with Gasteiger partial charge in [0.15, 0.2) is 0 Å². The van der Waals surface area contributed by atoms with E-state index >= 15 is 0 Å². The van der Waals surface area contributed by atoms with Crippen LogP contribution in [0.1, 0.15) is 112 Å². The molecule has 3 fully saturated rings. The summed E-state index contributed by atoms with van der Waals surface area (Å²) in [6.45, 7) is 9.55. The summed E-state index contributed by atoms with van der Waals surface area (Å²) < 4.78 is 11.0. The maximum absolute atomic E-state index is 11.5. The molecule has 0 radical (unpaired) electrons. The van der Waals surface area contributed by atoms with Gasteiger partial charge in [-0.2, -0.15) is 0 Å².